The minimum atomic E-state index is -0.329. The van der Waals surface area contributed by atoms with E-state index in [2.05, 4.69) is 27.2 Å². The number of fused-ring (bicyclic) bond motifs is 1. The molecule has 13 heteroatoms. The van der Waals surface area contributed by atoms with Gasteiger partial charge < -0.3 is 34.5 Å². The van der Waals surface area contributed by atoms with E-state index in [9.17, 15) is 14.4 Å². The summed E-state index contributed by atoms with van der Waals surface area (Å²) in [5.41, 5.74) is 4.32. The lowest BCUT2D eigenvalue weighted by atomic mass is 10.1. The number of benzene rings is 3. The zero-order chi connectivity index (χ0) is 35.1. The molecule has 1 fully saturated rings. The topological polar surface area (TPSA) is 120 Å². The van der Waals surface area contributed by atoms with Gasteiger partial charge in [0.05, 0.1) is 36.2 Å². The van der Waals surface area contributed by atoms with E-state index in [-0.39, 0.29) is 48.5 Å². The average Bonchev–Trinajstić information content (AvgIpc) is 3.55. The van der Waals surface area contributed by atoms with Gasteiger partial charge in [0, 0.05) is 51.1 Å². The molecule has 51 heavy (non-hydrogen) atoms. The number of hydrogen-bond acceptors (Lipinski definition) is 7. The number of likely N-dealkylation sites (N-methyl/N-ethyl adjacent to an activating group) is 1. The lowest BCUT2D eigenvalue weighted by Gasteiger charge is -2.32. The van der Waals surface area contributed by atoms with Crippen molar-refractivity contribution in [3.63, 3.8) is 0 Å². The lowest BCUT2D eigenvalue weighted by Crippen LogP contribution is -2.47. The number of aryl methyl sites for hydroxylation is 1. The second-order valence-corrected chi connectivity index (χ2v) is 13.0. The van der Waals surface area contributed by atoms with Gasteiger partial charge >= 0.3 is 0 Å². The number of aromatic amines is 1. The standard InChI is InChI=1S/C38H48N6O5.2ClH/c1-25(2)36-39-30-12-10-11-28(35(30)41-36)37(46)40-29-16-15-27(24-32(29)48-6)38(47)43(5)31-17-14-26(3)23-33(31)49-22-9-7-8-13-34(45)44-20-18-42(4)19-21-44;;/h10-12,14-17,23-25H,7-9,13,18-22H2,1-6H3,(H,39,41)(H,40,46);2*1H. The fraction of sp³-hybridized carbons (Fsp3) is 0.421. The maximum Gasteiger partial charge on any atom is 0.258 e. The fourth-order valence-electron chi connectivity index (χ4n) is 5.89. The number of amides is 3. The van der Waals surface area contributed by atoms with E-state index in [1.165, 1.54) is 7.11 Å². The van der Waals surface area contributed by atoms with Gasteiger partial charge in [0.25, 0.3) is 11.8 Å². The van der Waals surface area contributed by atoms with Crippen molar-refractivity contribution in [3.05, 3.63) is 77.1 Å². The highest BCUT2D eigenvalue weighted by Gasteiger charge is 2.22. The molecule has 1 aromatic heterocycles. The molecule has 276 valence electrons. The summed E-state index contributed by atoms with van der Waals surface area (Å²) in [6.07, 6.45) is 3.07. The number of imidazole rings is 1. The predicted molar refractivity (Wildman–Crippen MR) is 208 cm³/mol. The van der Waals surface area contributed by atoms with E-state index < -0.39 is 0 Å². The molecule has 0 saturated carbocycles. The molecule has 0 radical (unpaired) electrons. The molecule has 2 heterocycles. The second-order valence-electron chi connectivity index (χ2n) is 13.0. The van der Waals surface area contributed by atoms with Crippen LogP contribution in [0.15, 0.2) is 54.6 Å². The smallest absolute Gasteiger partial charge is 0.258 e. The number of rotatable bonds is 13. The number of nitrogens with zero attached hydrogens (tertiary/aromatic N) is 4. The van der Waals surface area contributed by atoms with Crippen LogP contribution in [0.1, 0.15) is 77.6 Å². The minimum absolute atomic E-state index is 0. The number of halogens is 2. The number of nitrogens with one attached hydrogen (secondary N) is 2. The number of methoxy groups -OCH3 is 1. The monoisotopic (exact) mass is 740 g/mol. The highest BCUT2D eigenvalue weighted by molar-refractivity contribution is 6.12. The summed E-state index contributed by atoms with van der Waals surface area (Å²) < 4.78 is 11.8. The van der Waals surface area contributed by atoms with Crippen LogP contribution in [0.2, 0.25) is 0 Å². The molecule has 11 nitrogen and oxygen atoms in total. The number of anilines is 2. The van der Waals surface area contributed by atoms with Crippen molar-refractivity contribution >= 4 is 64.9 Å². The number of carbonyl (C=O) groups excluding carboxylic acids is 3. The molecule has 2 N–H and O–H groups in total. The Morgan fingerprint density at radius 2 is 1.71 bits per heavy atom. The molecular weight excluding hydrogens is 691 g/mol. The summed E-state index contributed by atoms with van der Waals surface area (Å²) in [4.78, 5) is 53.3. The first-order valence-corrected chi connectivity index (χ1v) is 17.0. The van der Waals surface area contributed by atoms with Gasteiger partial charge in [-0.05, 0) is 81.3 Å². The number of hydrogen-bond donors (Lipinski definition) is 2. The Balaban J connectivity index is 0.00000351. The van der Waals surface area contributed by atoms with Gasteiger partial charge in [-0.15, -0.1) is 24.8 Å². The van der Waals surface area contributed by atoms with Gasteiger partial charge in [-0.25, -0.2) is 4.98 Å². The largest absolute Gasteiger partial charge is 0.495 e. The minimum Gasteiger partial charge on any atom is -0.495 e. The normalized spacial score (nSPS) is 13.0. The second kappa shape index (κ2) is 18.8. The van der Waals surface area contributed by atoms with Gasteiger partial charge in [-0.1, -0.05) is 26.0 Å². The van der Waals surface area contributed by atoms with Crippen molar-refractivity contribution in [2.24, 2.45) is 0 Å². The Hall–Kier alpha value is -4.32. The summed E-state index contributed by atoms with van der Waals surface area (Å²) in [6.45, 7) is 10.0. The zero-order valence-corrected chi connectivity index (χ0v) is 31.9. The van der Waals surface area contributed by atoms with E-state index in [1.54, 1.807) is 36.2 Å². The van der Waals surface area contributed by atoms with Crippen molar-refractivity contribution in [2.75, 3.05) is 64.2 Å². The summed E-state index contributed by atoms with van der Waals surface area (Å²) in [5.74, 6) is 1.62. The third kappa shape index (κ3) is 10.1. The molecule has 1 aliphatic heterocycles. The number of ether oxygens (including phenoxy) is 2. The van der Waals surface area contributed by atoms with Crippen molar-refractivity contribution < 1.29 is 23.9 Å². The van der Waals surface area contributed by atoms with E-state index in [0.29, 0.717) is 52.5 Å². The number of piperazine rings is 1. The summed E-state index contributed by atoms with van der Waals surface area (Å²) in [6, 6.07) is 16.2. The Morgan fingerprint density at radius 1 is 0.961 bits per heavy atom. The van der Waals surface area contributed by atoms with Crippen LogP contribution in [0.25, 0.3) is 11.0 Å². The van der Waals surface area contributed by atoms with Crippen LogP contribution in [0.4, 0.5) is 11.4 Å². The van der Waals surface area contributed by atoms with E-state index in [4.69, 9.17) is 9.47 Å². The zero-order valence-electron chi connectivity index (χ0n) is 30.3. The van der Waals surface area contributed by atoms with Crippen LogP contribution in [0.3, 0.4) is 0 Å². The van der Waals surface area contributed by atoms with Gasteiger partial charge in [0.1, 0.15) is 22.8 Å². The van der Waals surface area contributed by atoms with Crippen LogP contribution in [-0.2, 0) is 4.79 Å². The number of para-hydroxylation sites is 1. The molecule has 0 aliphatic carbocycles. The van der Waals surface area contributed by atoms with Crippen molar-refractivity contribution in [2.45, 2.75) is 52.4 Å². The molecule has 3 aromatic carbocycles. The average molecular weight is 742 g/mol. The van der Waals surface area contributed by atoms with Crippen molar-refractivity contribution in [1.29, 1.82) is 0 Å². The molecular formula is C38H50Cl2N6O5. The number of carbonyl (C=O) groups is 3. The van der Waals surface area contributed by atoms with Gasteiger partial charge in [-0.3, -0.25) is 14.4 Å². The van der Waals surface area contributed by atoms with Gasteiger partial charge in [0.2, 0.25) is 5.91 Å². The molecule has 1 saturated heterocycles. The summed E-state index contributed by atoms with van der Waals surface area (Å²) in [7, 11) is 5.29. The van der Waals surface area contributed by atoms with E-state index >= 15 is 0 Å². The highest BCUT2D eigenvalue weighted by Crippen LogP contribution is 2.32. The molecule has 0 spiro atoms. The molecule has 5 rings (SSSR count). The summed E-state index contributed by atoms with van der Waals surface area (Å²) in [5, 5.41) is 2.93. The van der Waals surface area contributed by atoms with Crippen LogP contribution in [0.5, 0.6) is 11.5 Å². The predicted octanol–water partition coefficient (Wildman–Crippen LogP) is 7.09. The first kappa shape index (κ1) is 41.1. The van der Waals surface area contributed by atoms with Crippen LogP contribution in [-0.4, -0.2) is 91.5 Å². The first-order chi connectivity index (χ1) is 23.5. The van der Waals surface area contributed by atoms with Gasteiger partial charge in [0.15, 0.2) is 0 Å². The van der Waals surface area contributed by atoms with E-state index in [0.717, 1.165) is 62.3 Å². The fourth-order valence-corrected chi connectivity index (χ4v) is 5.89. The van der Waals surface area contributed by atoms with Crippen LogP contribution < -0.4 is 19.7 Å². The highest BCUT2D eigenvalue weighted by atomic mass is 35.5. The van der Waals surface area contributed by atoms with Gasteiger partial charge in [-0.2, -0.15) is 0 Å². The maximum absolute atomic E-state index is 13.7. The molecule has 1 aliphatic rings. The van der Waals surface area contributed by atoms with E-state index in [1.807, 2.05) is 56.0 Å². The molecule has 0 unspecified atom stereocenters. The van der Waals surface area contributed by atoms with Crippen LogP contribution in [0, 0.1) is 6.92 Å². The maximum atomic E-state index is 13.7. The van der Waals surface area contributed by atoms with Crippen molar-refractivity contribution in [3.8, 4) is 11.5 Å². The molecule has 4 aromatic rings. The lowest BCUT2D eigenvalue weighted by molar-refractivity contribution is -0.132. The Bertz CT molecular complexity index is 1800. The Labute approximate surface area is 312 Å². The first-order valence-electron chi connectivity index (χ1n) is 17.0. The number of H-pyrrole nitrogens is 1. The molecule has 0 bridgehead atoms. The van der Waals surface area contributed by atoms with Crippen LogP contribution >= 0.6 is 24.8 Å². The Kier molecular flexibility index (Phi) is 15.1. The third-order valence-corrected chi connectivity index (χ3v) is 8.95. The Morgan fingerprint density at radius 3 is 2.41 bits per heavy atom. The number of aromatic nitrogens is 2. The number of unbranched alkanes of at least 4 members (excludes halogenated alkanes) is 2. The summed E-state index contributed by atoms with van der Waals surface area (Å²) >= 11 is 0. The molecule has 3 amide bonds. The SMILES string of the molecule is COc1cc(C(=O)N(C)c2ccc(C)cc2OCCCCCC(=O)N2CCN(C)CC2)ccc1NC(=O)c1cccc2[nH]c(C(C)C)nc12.Cl.Cl. The molecule has 0 atom stereocenters. The van der Waals surface area contributed by atoms with Crippen molar-refractivity contribution in [1.82, 2.24) is 19.8 Å². The third-order valence-electron chi connectivity index (χ3n) is 8.95. The quantitative estimate of drug-likeness (QED) is 0.141.